The van der Waals surface area contributed by atoms with E-state index in [-0.39, 0.29) is 11.9 Å². The third-order valence-corrected chi connectivity index (χ3v) is 8.89. The smallest absolute Gasteiger partial charge is 0.188 e. The van der Waals surface area contributed by atoms with Crippen LogP contribution in [0.1, 0.15) is 65.2 Å². The van der Waals surface area contributed by atoms with Crippen LogP contribution in [0.15, 0.2) is 11.6 Å². The van der Waals surface area contributed by atoms with E-state index in [1.165, 1.54) is 44.9 Å². The molecule has 0 amide bonds. The molecular weight excluding hydrogens is 312 g/mol. The highest BCUT2D eigenvalue weighted by Crippen LogP contribution is 2.64. The Morgan fingerprint density at radius 3 is 2.60 bits per heavy atom. The van der Waals surface area contributed by atoms with E-state index in [1.807, 2.05) is 6.92 Å². The first kappa shape index (κ1) is 16.8. The molecule has 3 heteroatoms. The van der Waals surface area contributed by atoms with Gasteiger partial charge in [-0.25, -0.2) is 0 Å². The Bertz CT molecular complexity index is 562. The van der Waals surface area contributed by atoms with Gasteiger partial charge in [0, 0.05) is 6.42 Å². The van der Waals surface area contributed by atoms with Gasteiger partial charge in [0.15, 0.2) is 5.79 Å². The van der Waals surface area contributed by atoms with Crippen molar-refractivity contribution in [3.8, 4) is 0 Å². The summed E-state index contributed by atoms with van der Waals surface area (Å²) in [5, 5.41) is 10.3. The van der Waals surface area contributed by atoms with Gasteiger partial charge < -0.3 is 14.6 Å². The van der Waals surface area contributed by atoms with E-state index >= 15 is 0 Å². The van der Waals surface area contributed by atoms with Gasteiger partial charge in [-0.05, 0) is 93.0 Å². The highest BCUT2D eigenvalue weighted by atomic mass is 16.7. The molecule has 4 fully saturated rings. The molecule has 1 saturated heterocycles. The van der Waals surface area contributed by atoms with Crippen molar-refractivity contribution in [2.45, 2.75) is 77.1 Å². The Balaban J connectivity index is 1.39. The summed E-state index contributed by atoms with van der Waals surface area (Å²) in [6.07, 6.45) is 12.4. The van der Waals surface area contributed by atoms with E-state index in [4.69, 9.17) is 9.47 Å². The lowest BCUT2D eigenvalue weighted by Crippen LogP contribution is -2.48. The minimum Gasteiger partial charge on any atom is -0.393 e. The molecule has 140 valence electrons. The highest BCUT2D eigenvalue weighted by molar-refractivity contribution is 5.22. The Hall–Kier alpha value is -0.380. The van der Waals surface area contributed by atoms with Crippen LogP contribution in [-0.4, -0.2) is 30.2 Å². The molecule has 0 aromatic heterocycles. The number of ether oxygens (including phenoxy) is 2. The van der Waals surface area contributed by atoms with Crippen molar-refractivity contribution in [3.05, 3.63) is 11.6 Å². The lowest BCUT2D eigenvalue weighted by atomic mass is 9.51. The SMILES string of the molecule is CC(O)[C@@H]1CCC2C3CCC4=CC5(CCC4C3CC[C@]21C)OCCO5. The summed E-state index contributed by atoms with van der Waals surface area (Å²) in [7, 11) is 0. The summed E-state index contributed by atoms with van der Waals surface area (Å²) < 4.78 is 11.9. The molecule has 5 unspecified atom stereocenters. The van der Waals surface area contributed by atoms with E-state index in [0.29, 0.717) is 11.3 Å². The summed E-state index contributed by atoms with van der Waals surface area (Å²) in [6.45, 7) is 6.03. The van der Waals surface area contributed by atoms with Crippen molar-refractivity contribution < 1.29 is 14.6 Å². The number of fused-ring (bicyclic) bond motifs is 5. The lowest BCUT2D eigenvalue weighted by Gasteiger charge is -2.55. The zero-order chi connectivity index (χ0) is 17.2. The third-order valence-electron chi connectivity index (χ3n) is 8.89. The molecule has 1 N–H and O–H groups in total. The molecule has 3 saturated carbocycles. The van der Waals surface area contributed by atoms with Crippen molar-refractivity contribution >= 4 is 0 Å². The number of hydrogen-bond acceptors (Lipinski definition) is 3. The highest BCUT2D eigenvalue weighted by Gasteiger charge is 2.57. The summed E-state index contributed by atoms with van der Waals surface area (Å²) in [6, 6.07) is 0. The van der Waals surface area contributed by atoms with Crippen LogP contribution in [0.4, 0.5) is 0 Å². The molecule has 0 aromatic carbocycles. The van der Waals surface area contributed by atoms with Gasteiger partial charge in [-0.1, -0.05) is 12.5 Å². The fraction of sp³-hybridized carbons (Fsp3) is 0.909. The van der Waals surface area contributed by atoms with Gasteiger partial charge in [-0.2, -0.15) is 0 Å². The minimum absolute atomic E-state index is 0.142. The van der Waals surface area contributed by atoms with E-state index in [2.05, 4.69) is 13.0 Å². The average Bonchev–Trinajstić information content (AvgIpc) is 3.18. The molecule has 1 aliphatic heterocycles. The van der Waals surface area contributed by atoms with Crippen molar-refractivity contribution in [1.29, 1.82) is 0 Å². The summed E-state index contributed by atoms with van der Waals surface area (Å²) >= 11 is 0. The summed E-state index contributed by atoms with van der Waals surface area (Å²) in [4.78, 5) is 0. The van der Waals surface area contributed by atoms with Gasteiger partial charge in [-0.15, -0.1) is 0 Å². The first-order valence-corrected chi connectivity index (χ1v) is 10.7. The van der Waals surface area contributed by atoms with Crippen LogP contribution in [0.5, 0.6) is 0 Å². The van der Waals surface area contributed by atoms with Gasteiger partial charge in [-0.3, -0.25) is 0 Å². The molecule has 3 nitrogen and oxygen atoms in total. The van der Waals surface area contributed by atoms with Crippen molar-refractivity contribution in [2.24, 2.45) is 35.0 Å². The lowest BCUT2D eigenvalue weighted by molar-refractivity contribution is -0.135. The standard InChI is InChI=1S/C22H34O3/c1-14(23)19-5-6-20-18-4-3-15-13-22(24-11-12-25-22)10-8-16(15)17(18)7-9-21(19,20)2/h13-14,16-20,23H,3-12H2,1-2H3/t14?,16?,17?,18?,19-,20?,21-/m0/s1. The van der Waals surface area contributed by atoms with Crippen LogP contribution >= 0.6 is 0 Å². The largest absolute Gasteiger partial charge is 0.393 e. The van der Waals surface area contributed by atoms with E-state index in [9.17, 15) is 5.11 Å². The van der Waals surface area contributed by atoms with Crippen molar-refractivity contribution in [1.82, 2.24) is 0 Å². The molecule has 0 bridgehead atoms. The van der Waals surface area contributed by atoms with Crippen LogP contribution < -0.4 is 0 Å². The molecule has 1 heterocycles. The molecule has 1 spiro atoms. The van der Waals surface area contributed by atoms with E-state index < -0.39 is 0 Å². The van der Waals surface area contributed by atoms with Gasteiger partial charge in [0.25, 0.3) is 0 Å². The number of rotatable bonds is 1. The predicted molar refractivity (Wildman–Crippen MR) is 96.9 cm³/mol. The molecule has 0 aromatic rings. The average molecular weight is 347 g/mol. The maximum atomic E-state index is 10.3. The monoisotopic (exact) mass is 346 g/mol. The molecule has 5 aliphatic rings. The predicted octanol–water partition coefficient (Wildman–Crippen LogP) is 4.30. The van der Waals surface area contributed by atoms with Crippen LogP contribution in [0.25, 0.3) is 0 Å². The number of aliphatic hydroxyl groups excluding tert-OH is 1. The Morgan fingerprint density at radius 1 is 1.04 bits per heavy atom. The molecule has 5 rings (SSSR count). The van der Waals surface area contributed by atoms with Gasteiger partial charge >= 0.3 is 0 Å². The van der Waals surface area contributed by atoms with Crippen LogP contribution in [-0.2, 0) is 9.47 Å². The zero-order valence-electron chi connectivity index (χ0n) is 15.9. The second-order valence-electron chi connectivity index (χ2n) is 9.81. The fourth-order valence-corrected chi connectivity index (χ4v) is 7.85. The quantitative estimate of drug-likeness (QED) is 0.720. The van der Waals surface area contributed by atoms with Crippen molar-refractivity contribution in [2.75, 3.05) is 13.2 Å². The minimum atomic E-state index is -0.368. The van der Waals surface area contributed by atoms with Gasteiger partial charge in [0.2, 0.25) is 0 Å². The zero-order valence-corrected chi connectivity index (χ0v) is 15.9. The molecule has 0 radical (unpaired) electrons. The topological polar surface area (TPSA) is 38.7 Å². The second-order valence-corrected chi connectivity index (χ2v) is 9.81. The van der Waals surface area contributed by atoms with E-state index in [0.717, 1.165) is 43.3 Å². The second kappa shape index (κ2) is 5.81. The van der Waals surface area contributed by atoms with Crippen LogP contribution in [0, 0.1) is 35.0 Å². The van der Waals surface area contributed by atoms with Crippen LogP contribution in [0.2, 0.25) is 0 Å². The maximum absolute atomic E-state index is 10.3. The Kier molecular flexibility index (Phi) is 3.90. The molecular formula is C22H34O3. The first-order chi connectivity index (χ1) is 12.0. The molecule has 25 heavy (non-hydrogen) atoms. The number of hydrogen-bond donors (Lipinski definition) is 1. The third kappa shape index (κ3) is 2.41. The van der Waals surface area contributed by atoms with Gasteiger partial charge in [0.1, 0.15) is 0 Å². The normalized spacial score (nSPS) is 49.2. The number of allylic oxidation sites excluding steroid dienone is 1. The summed E-state index contributed by atoms with van der Waals surface area (Å²) in [5.74, 6) is 3.50. The van der Waals surface area contributed by atoms with Gasteiger partial charge in [0.05, 0.1) is 19.3 Å². The number of aliphatic hydroxyl groups is 1. The van der Waals surface area contributed by atoms with Crippen LogP contribution in [0.3, 0.4) is 0 Å². The summed E-state index contributed by atoms with van der Waals surface area (Å²) in [5.41, 5.74) is 2.02. The molecule has 4 aliphatic carbocycles. The maximum Gasteiger partial charge on any atom is 0.188 e. The molecule has 7 atom stereocenters. The van der Waals surface area contributed by atoms with Crippen molar-refractivity contribution in [3.63, 3.8) is 0 Å². The van der Waals surface area contributed by atoms with E-state index in [1.54, 1.807) is 5.57 Å². The fourth-order valence-electron chi connectivity index (χ4n) is 7.85. The Morgan fingerprint density at radius 2 is 1.84 bits per heavy atom. The first-order valence-electron chi connectivity index (χ1n) is 10.7. The Labute approximate surface area is 152 Å².